The molecule has 0 aliphatic carbocycles. The van der Waals surface area contributed by atoms with Gasteiger partial charge in [0.2, 0.25) is 0 Å². The molecule has 1 atom stereocenters. The van der Waals surface area contributed by atoms with E-state index in [9.17, 15) is 4.79 Å². The molecule has 0 amide bonds. The van der Waals surface area contributed by atoms with Crippen molar-refractivity contribution < 1.29 is 9.90 Å². The summed E-state index contributed by atoms with van der Waals surface area (Å²) in [4.78, 5) is 13.3. The van der Waals surface area contributed by atoms with Crippen molar-refractivity contribution in [1.82, 2.24) is 0 Å². The van der Waals surface area contributed by atoms with Crippen LogP contribution >= 0.6 is 0 Å². The quantitative estimate of drug-likeness (QED) is 0.816. The molecule has 1 N–H and O–H groups in total. The third kappa shape index (κ3) is 4.27. The van der Waals surface area contributed by atoms with Gasteiger partial charge in [-0.1, -0.05) is 32.4 Å². The van der Waals surface area contributed by atoms with Gasteiger partial charge in [0.15, 0.2) is 0 Å². The van der Waals surface area contributed by atoms with Gasteiger partial charge >= 0.3 is 5.97 Å². The Labute approximate surface area is 116 Å². The van der Waals surface area contributed by atoms with Crippen LogP contribution in [0.5, 0.6) is 0 Å². The number of rotatable bonds is 7. The van der Waals surface area contributed by atoms with Crippen LogP contribution in [0, 0.1) is 19.8 Å². The van der Waals surface area contributed by atoms with Crippen molar-refractivity contribution in [3.8, 4) is 0 Å². The monoisotopic (exact) mass is 263 g/mol. The van der Waals surface area contributed by atoms with Gasteiger partial charge in [-0.05, 0) is 37.5 Å². The zero-order valence-electron chi connectivity index (χ0n) is 12.4. The summed E-state index contributed by atoms with van der Waals surface area (Å²) in [5.74, 6) is -1.08. The molecule has 0 saturated carbocycles. The third-order valence-corrected chi connectivity index (χ3v) is 3.61. The molecule has 0 spiro atoms. The number of aliphatic carboxylic acids is 1. The smallest absolute Gasteiger partial charge is 0.308 e. The highest BCUT2D eigenvalue weighted by Crippen LogP contribution is 2.24. The molecule has 3 nitrogen and oxygen atoms in total. The first-order valence-electron chi connectivity index (χ1n) is 7.01. The first-order chi connectivity index (χ1) is 8.97. The van der Waals surface area contributed by atoms with Crippen molar-refractivity contribution in [2.75, 3.05) is 18.0 Å². The number of anilines is 1. The Balaban J connectivity index is 2.95. The average Bonchev–Trinajstić information content (AvgIpc) is 2.37. The second-order valence-corrected chi connectivity index (χ2v) is 5.26. The lowest BCUT2D eigenvalue weighted by molar-refractivity contribution is -0.140. The Bertz CT molecular complexity index is 429. The highest BCUT2D eigenvalue weighted by molar-refractivity contribution is 5.70. The maximum absolute atomic E-state index is 11.1. The number of hydrogen-bond acceptors (Lipinski definition) is 2. The molecule has 0 radical (unpaired) electrons. The van der Waals surface area contributed by atoms with Gasteiger partial charge in [-0.3, -0.25) is 4.79 Å². The lowest BCUT2D eigenvalue weighted by Gasteiger charge is -2.28. The molecule has 0 heterocycles. The van der Waals surface area contributed by atoms with Crippen molar-refractivity contribution in [1.29, 1.82) is 0 Å². The molecule has 0 aromatic heterocycles. The summed E-state index contributed by atoms with van der Waals surface area (Å²) < 4.78 is 0. The van der Waals surface area contributed by atoms with Gasteiger partial charge < -0.3 is 10.0 Å². The van der Waals surface area contributed by atoms with Crippen molar-refractivity contribution in [2.45, 2.75) is 40.5 Å². The zero-order valence-corrected chi connectivity index (χ0v) is 12.4. The van der Waals surface area contributed by atoms with E-state index in [2.05, 4.69) is 37.8 Å². The molecule has 106 valence electrons. The van der Waals surface area contributed by atoms with Crippen LogP contribution in [-0.4, -0.2) is 24.2 Å². The van der Waals surface area contributed by atoms with Crippen LogP contribution in [0.1, 0.15) is 37.8 Å². The van der Waals surface area contributed by atoms with E-state index in [0.29, 0.717) is 6.54 Å². The SMILES string of the molecule is CCCCN(CC(C)C(=O)O)c1cccc(C)c1C. The fraction of sp³-hybridized carbons (Fsp3) is 0.562. The van der Waals surface area contributed by atoms with E-state index < -0.39 is 5.97 Å². The Morgan fingerprint density at radius 1 is 1.37 bits per heavy atom. The number of nitrogens with zero attached hydrogens (tertiary/aromatic N) is 1. The summed E-state index contributed by atoms with van der Waals surface area (Å²) in [6, 6.07) is 6.23. The van der Waals surface area contributed by atoms with Crippen LogP contribution in [0.25, 0.3) is 0 Å². The summed E-state index contributed by atoms with van der Waals surface area (Å²) >= 11 is 0. The van der Waals surface area contributed by atoms with Gasteiger partial charge in [-0.15, -0.1) is 0 Å². The Kier molecular flexibility index (Phi) is 5.87. The van der Waals surface area contributed by atoms with Crippen LogP contribution in [0.15, 0.2) is 18.2 Å². The van der Waals surface area contributed by atoms with Crippen LogP contribution < -0.4 is 4.90 Å². The van der Waals surface area contributed by atoms with Crippen molar-refractivity contribution in [3.05, 3.63) is 29.3 Å². The predicted octanol–water partition coefficient (Wildman–Crippen LogP) is 3.63. The molecular weight excluding hydrogens is 238 g/mol. The number of carboxylic acids is 1. The highest BCUT2D eigenvalue weighted by Gasteiger charge is 2.17. The molecular formula is C16H25NO2. The van der Waals surface area contributed by atoms with E-state index in [1.807, 2.05) is 6.07 Å². The Hall–Kier alpha value is -1.51. The van der Waals surface area contributed by atoms with E-state index in [4.69, 9.17) is 5.11 Å². The molecule has 1 aromatic carbocycles. The van der Waals surface area contributed by atoms with Crippen LogP contribution in [0.4, 0.5) is 5.69 Å². The second-order valence-electron chi connectivity index (χ2n) is 5.26. The van der Waals surface area contributed by atoms with Crippen LogP contribution in [-0.2, 0) is 4.79 Å². The molecule has 0 saturated heterocycles. The normalized spacial score (nSPS) is 12.2. The maximum atomic E-state index is 11.1. The molecule has 0 fully saturated rings. The topological polar surface area (TPSA) is 40.5 Å². The summed E-state index contributed by atoms with van der Waals surface area (Å²) in [5, 5.41) is 9.10. The predicted molar refractivity (Wildman–Crippen MR) is 79.8 cm³/mol. The Morgan fingerprint density at radius 3 is 2.63 bits per heavy atom. The molecule has 19 heavy (non-hydrogen) atoms. The zero-order chi connectivity index (χ0) is 14.4. The van der Waals surface area contributed by atoms with Gasteiger partial charge in [0.05, 0.1) is 5.92 Å². The van der Waals surface area contributed by atoms with Crippen molar-refractivity contribution >= 4 is 11.7 Å². The lowest BCUT2D eigenvalue weighted by atomic mass is 10.1. The molecule has 0 aliphatic heterocycles. The fourth-order valence-electron chi connectivity index (χ4n) is 2.15. The summed E-state index contributed by atoms with van der Waals surface area (Å²) in [6.45, 7) is 9.61. The molecule has 1 rings (SSSR count). The van der Waals surface area contributed by atoms with Gasteiger partial charge in [0.1, 0.15) is 0 Å². The number of unbranched alkanes of at least 4 members (excludes halogenated alkanes) is 1. The summed E-state index contributed by atoms with van der Waals surface area (Å²) in [5.41, 5.74) is 3.67. The third-order valence-electron chi connectivity index (χ3n) is 3.61. The average molecular weight is 263 g/mol. The number of carboxylic acid groups (broad SMARTS) is 1. The minimum atomic E-state index is -0.730. The number of benzene rings is 1. The van der Waals surface area contributed by atoms with E-state index in [1.54, 1.807) is 6.92 Å². The van der Waals surface area contributed by atoms with E-state index in [0.717, 1.165) is 19.4 Å². The van der Waals surface area contributed by atoms with E-state index in [1.165, 1.54) is 16.8 Å². The first-order valence-corrected chi connectivity index (χ1v) is 7.01. The maximum Gasteiger partial charge on any atom is 0.308 e. The van der Waals surface area contributed by atoms with Crippen LogP contribution in [0.2, 0.25) is 0 Å². The first kappa shape index (κ1) is 15.5. The standard InChI is InChI=1S/C16H25NO2/c1-5-6-10-17(11-13(3)16(18)19)15-9-7-8-12(2)14(15)4/h7-9,13H,5-6,10-11H2,1-4H3,(H,18,19). The van der Waals surface area contributed by atoms with E-state index in [-0.39, 0.29) is 5.92 Å². The molecule has 0 aliphatic rings. The van der Waals surface area contributed by atoms with Crippen molar-refractivity contribution in [2.24, 2.45) is 5.92 Å². The molecule has 3 heteroatoms. The van der Waals surface area contributed by atoms with Gasteiger partial charge in [-0.25, -0.2) is 0 Å². The number of carbonyl (C=O) groups is 1. The van der Waals surface area contributed by atoms with Gasteiger partial charge in [0.25, 0.3) is 0 Å². The summed E-state index contributed by atoms with van der Waals surface area (Å²) in [6.07, 6.45) is 2.20. The van der Waals surface area contributed by atoms with Crippen molar-refractivity contribution in [3.63, 3.8) is 0 Å². The number of aryl methyl sites for hydroxylation is 1. The van der Waals surface area contributed by atoms with Gasteiger partial charge in [0, 0.05) is 18.8 Å². The minimum Gasteiger partial charge on any atom is -0.481 e. The fourth-order valence-corrected chi connectivity index (χ4v) is 2.15. The lowest BCUT2D eigenvalue weighted by Crippen LogP contribution is -2.33. The molecule has 1 unspecified atom stereocenters. The van der Waals surface area contributed by atoms with Crippen LogP contribution in [0.3, 0.4) is 0 Å². The largest absolute Gasteiger partial charge is 0.481 e. The van der Waals surface area contributed by atoms with E-state index >= 15 is 0 Å². The Morgan fingerprint density at radius 2 is 2.05 bits per heavy atom. The number of hydrogen-bond donors (Lipinski definition) is 1. The highest BCUT2D eigenvalue weighted by atomic mass is 16.4. The summed E-state index contributed by atoms with van der Waals surface area (Å²) in [7, 11) is 0. The molecule has 1 aromatic rings. The minimum absolute atomic E-state index is 0.350. The molecule has 0 bridgehead atoms. The van der Waals surface area contributed by atoms with Gasteiger partial charge in [-0.2, -0.15) is 0 Å². The second kappa shape index (κ2) is 7.17.